The highest BCUT2D eigenvalue weighted by atomic mass is 19.4. The van der Waals surface area contributed by atoms with Gasteiger partial charge in [0.1, 0.15) is 12.3 Å². The number of hydrogen-bond acceptors (Lipinski definition) is 4. The first-order valence-electron chi connectivity index (χ1n) is 7.43. The largest absolute Gasteiger partial charge is 0.573 e. The van der Waals surface area contributed by atoms with Gasteiger partial charge in [0.05, 0.1) is 0 Å². The predicted octanol–water partition coefficient (Wildman–Crippen LogP) is 1.21. The summed E-state index contributed by atoms with van der Waals surface area (Å²) in [6.07, 6.45) is -4.84. The normalized spacial score (nSPS) is 15.4. The van der Waals surface area contributed by atoms with E-state index in [4.69, 9.17) is 0 Å². The molecule has 0 radical (unpaired) electrons. The van der Waals surface area contributed by atoms with E-state index in [-0.39, 0.29) is 18.8 Å². The second kappa shape index (κ2) is 7.41. The van der Waals surface area contributed by atoms with Crippen molar-refractivity contribution in [1.82, 2.24) is 9.80 Å². The van der Waals surface area contributed by atoms with Crippen LogP contribution in [0.2, 0.25) is 0 Å². The smallest absolute Gasteiger partial charge is 0.406 e. The Hall–Kier alpha value is -2.78. The third-order valence-electron chi connectivity index (χ3n) is 3.46. The van der Waals surface area contributed by atoms with Gasteiger partial charge in [0.15, 0.2) is 0 Å². The zero-order valence-corrected chi connectivity index (χ0v) is 13.3. The highest BCUT2D eigenvalue weighted by Gasteiger charge is 2.33. The minimum atomic E-state index is -4.84. The summed E-state index contributed by atoms with van der Waals surface area (Å²) in [5, 5.41) is 2.37. The summed E-state index contributed by atoms with van der Waals surface area (Å²) in [6.45, 7) is 2.30. The van der Waals surface area contributed by atoms with Gasteiger partial charge in [-0.05, 0) is 19.1 Å². The molecule has 1 aromatic rings. The molecule has 1 heterocycles. The molecule has 1 N–H and O–H groups in total. The maximum atomic E-state index is 12.2. The summed E-state index contributed by atoms with van der Waals surface area (Å²) >= 11 is 0. The number of hydrogen-bond donors (Lipinski definition) is 1. The molecule has 1 saturated heterocycles. The molecular weight excluding hydrogens is 343 g/mol. The number of benzene rings is 1. The Labute approximate surface area is 141 Å². The molecular formula is C15H16F3N3O4. The molecule has 0 unspecified atom stereocenters. The Morgan fingerprint density at radius 3 is 2.48 bits per heavy atom. The quantitative estimate of drug-likeness (QED) is 0.802. The monoisotopic (exact) mass is 359 g/mol. The fourth-order valence-corrected chi connectivity index (χ4v) is 2.31. The fourth-order valence-electron chi connectivity index (χ4n) is 2.31. The summed E-state index contributed by atoms with van der Waals surface area (Å²) in [5.41, 5.74) is 0.0812. The van der Waals surface area contributed by atoms with Gasteiger partial charge in [0.2, 0.25) is 5.91 Å². The molecule has 1 fully saturated rings. The van der Waals surface area contributed by atoms with E-state index in [0.717, 1.165) is 17.0 Å². The lowest BCUT2D eigenvalue weighted by molar-refractivity contribution is -0.274. The summed E-state index contributed by atoms with van der Waals surface area (Å²) in [7, 11) is 0. The number of ether oxygens (including phenoxy) is 1. The van der Waals surface area contributed by atoms with E-state index in [1.807, 2.05) is 0 Å². The van der Waals surface area contributed by atoms with E-state index in [0.29, 0.717) is 13.1 Å². The number of amides is 3. The van der Waals surface area contributed by atoms with Crippen molar-refractivity contribution < 1.29 is 32.3 Å². The molecule has 0 spiro atoms. The molecule has 136 valence electrons. The number of piperazine rings is 1. The number of carbonyl (C=O) groups excluding carboxylic acids is 3. The zero-order valence-electron chi connectivity index (χ0n) is 13.3. The van der Waals surface area contributed by atoms with Crippen LogP contribution in [-0.2, 0) is 14.4 Å². The number of halogens is 3. The van der Waals surface area contributed by atoms with E-state index in [1.165, 1.54) is 17.0 Å². The van der Waals surface area contributed by atoms with Crippen LogP contribution in [0.5, 0.6) is 5.75 Å². The van der Waals surface area contributed by atoms with Crippen LogP contribution >= 0.6 is 0 Å². The van der Waals surface area contributed by atoms with Crippen molar-refractivity contribution in [2.24, 2.45) is 0 Å². The zero-order chi connectivity index (χ0) is 18.6. The molecule has 1 aliphatic heterocycles. The predicted molar refractivity (Wildman–Crippen MR) is 80.6 cm³/mol. The van der Waals surface area contributed by atoms with Crippen molar-refractivity contribution in [2.45, 2.75) is 13.3 Å². The molecule has 1 aromatic carbocycles. The highest BCUT2D eigenvalue weighted by Crippen LogP contribution is 2.25. The van der Waals surface area contributed by atoms with Crippen molar-refractivity contribution in [1.29, 1.82) is 0 Å². The summed E-state index contributed by atoms with van der Waals surface area (Å²) < 4.78 is 40.3. The maximum Gasteiger partial charge on any atom is 0.573 e. The lowest BCUT2D eigenvalue weighted by atomic mass is 10.2. The van der Waals surface area contributed by atoms with Crippen LogP contribution in [0.25, 0.3) is 0 Å². The van der Waals surface area contributed by atoms with Gasteiger partial charge in [-0.15, -0.1) is 13.2 Å². The number of nitrogens with one attached hydrogen (secondary N) is 1. The van der Waals surface area contributed by atoms with Crippen molar-refractivity contribution >= 4 is 23.4 Å². The third kappa shape index (κ3) is 5.10. The van der Waals surface area contributed by atoms with Gasteiger partial charge in [-0.3, -0.25) is 14.4 Å². The standard InChI is InChI=1S/C15H16F3N3O4/c1-2-20-6-7-21(14(24)13(20)23)9-12(22)19-10-4-3-5-11(8-10)25-15(16,17)18/h3-5,8H,2,6-7,9H2,1H3,(H,19,22). The lowest BCUT2D eigenvalue weighted by Gasteiger charge is -2.32. The number of anilines is 1. The van der Waals surface area contributed by atoms with Crippen molar-refractivity contribution in [2.75, 3.05) is 31.5 Å². The van der Waals surface area contributed by atoms with Crippen LogP contribution < -0.4 is 10.1 Å². The van der Waals surface area contributed by atoms with E-state index in [2.05, 4.69) is 10.1 Å². The minimum Gasteiger partial charge on any atom is -0.406 e. The first-order chi connectivity index (χ1) is 11.7. The Morgan fingerprint density at radius 2 is 1.84 bits per heavy atom. The van der Waals surface area contributed by atoms with Gasteiger partial charge in [0.25, 0.3) is 0 Å². The second-order valence-corrected chi connectivity index (χ2v) is 5.24. The van der Waals surface area contributed by atoms with Gasteiger partial charge in [0, 0.05) is 31.4 Å². The summed E-state index contributed by atoms with van der Waals surface area (Å²) in [6, 6.07) is 4.76. The molecule has 3 amide bonds. The average Bonchev–Trinajstić information content (AvgIpc) is 2.51. The number of carbonyl (C=O) groups is 3. The Kier molecular flexibility index (Phi) is 5.50. The SMILES string of the molecule is CCN1CCN(CC(=O)Nc2cccc(OC(F)(F)F)c2)C(=O)C1=O. The van der Waals surface area contributed by atoms with Crippen molar-refractivity contribution in [3.63, 3.8) is 0 Å². The molecule has 25 heavy (non-hydrogen) atoms. The Bertz CT molecular complexity index is 678. The third-order valence-corrected chi connectivity index (χ3v) is 3.46. The van der Waals surface area contributed by atoms with Gasteiger partial charge in [-0.1, -0.05) is 6.07 Å². The highest BCUT2D eigenvalue weighted by molar-refractivity contribution is 6.35. The Morgan fingerprint density at radius 1 is 1.20 bits per heavy atom. The number of rotatable bonds is 5. The van der Waals surface area contributed by atoms with E-state index in [9.17, 15) is 27.6 Å². The van der Waals surface area contributed by atoms with Crippen molar-refractivity contribution in [3.05, 3.63) is 24.3 Å². The van der Waals surface area contributed by atoms with Crippen LogP contribution in [0.15, 0.2) is 24.3 Å². The molecule has 0 aliphatic carbocycles. The van der Waals surface area contributed by atoms with E-state index in [1.54, 1.807) is 6.92 Å². The minimum absolute atomic E-state index is 0.0812. The summed E-state index contributed by atoms with van der Waals surface area (Å²) in [4.78, 5) is 38.1. The second-order valence-electron chi connectivity index (χ2n) is 5.24. The molecule has 10 heteroatoms. The molecule has 0 aromatic heterocycles. The van der Waals surface area contributed by atoms with Gasteiger partial charge < -0.3 is 19.9 Å². The Balaban J connectivity index is 1.96. The van der Waals surface area contributed by atoms with Crippen LogP contribution in [0.3, 0.4) is 0 Å². The van der Waals surface area contributed by atoms with Crippen LogP contribution in [0.1, 0.15) is 6.92 Å². The van der Waals surface area contributed by atoms with Gasteiger partial charge >= 0.3 is 18.2 Å². The first-order valence-corrected chi connectivity index (χ1v) is 7.43. The van der Waals surface area contributed by atoms with Crippen molar-refractivity contribution in [3.8, 4) is 5.75 Å². The van der Waals surface area contributed by atoms with Gasteiger partial charge in [-0.2, -0.15) is 0 Å². The first kappa shape index (κ1) is 18.6. The maximum absolute atomic E-state index is 12.2. The van der Waals surface area contributed by atoms with Crippen LogP contribution in [0.4, 0.5) is 18.9 Å². The average molecular weight is 359 g/mol. The van der Waals surface area contributed by atoms with E-state index >= 15 is 0 Å². The molecule has 1 aliphatic rings. The molecule has 2 rings (SSSR count). The van der Waals surface area contributed by atoms with Crippen LogP contribution in [0, 0.1) is 0 Å². The van der Waals surface area contributed by atoms with Gasteiger partial charge in [-0.25, -0.2) is 0 Å². The molecule has 0 saturated carbocycles. The fraction of sp³-hybridized carbons (Fsp3) is 0.400. The lowest BCUT2D eigenvalue weighted by Crippen LogP contribution is -2.55. The van der Waals surface area contributed by atoms with E-state index < -0.39 is 29.8 Å². The molecule has 0 bridgehead atoms. The van der Waals surface area contributed by atoms with Crippen LogP contribution in [-0.4, -0.2) is 60.1 Å². The summed E-state index contributed by atoms with van der Waals surface area (Å²) in [5.74, 6) is -2.57. The molecule has 7 nitrogen and oxygen atoms in total. The number of nitrogens with zero attached hydrogens (tertiary/aromatic N) is 2. The molecule has 0 atom stereocenters. The topological polar surface area (TPSA) is 79.0 Å². The number of alkyl halides is 3. The number of likely N-dealkylation sites (N-methyl/N-ethyl adjacent to an activating group) is 1.